The smallest absolute Gasteiger partial charge is 0.146 e. The van der Waals surface area contributed by atoms with Crippen molar-refractivity contribution in [1.82, 2.24) is 19.1 Å². The summed E-state index contributed by atoms with van der Waals surface area (Å²) in [7, 11) is 0. The number of benzene rings is 3. The second-order valence-electron chi connectivity index (χ2n) is 8.10. The molecule has 0 aliphatic rings. The summed E-state index contributed by atoms with van der Waals surface area (Å²) in [5, 5.41) is 2.16. The first-order valence-corrected chi connectivity index (χ1v) is 10.8. The van der Waals surface area contributed by atoms with E-state index in [0.717, 1.165) is 55.4 Å². The van der Waals surface area contributed by atoms with E-state index in [1.807, 2.05) is 53.1 Å². The van der Waals surface area contributed by atoms with Gasteiger partial charge < -0.3 is 4.57 Å². The topological polar surface area (TPSA) is 35.6 Å². The van der Waals surface area contributed by atoms with E-state index in [1.54, 1.807) is 18.3 Å². The first-order chi connectivity index (χ1) is 16.3. The Kier molecular flexibility index (Phi) is 3.70. The minimum atomic E-state index is -0.277. The molecule has 0 fully saturated rings. The number of rotatable bonds is 2. The maximum absolute atomic E-state index is 14.2. The molecule has 0 aliphatic heterocycles. The van der Waals surface area contributed by atoms with Crippen LogP contribution in [-0.4, -0.2) is 19.1 Å². The molecule has 4 nitrogen and oxygen atoms in total. The van der Waals surface area contributed by atoms with E-state index in [1.165, 1.54) is 6.07 Å². The summed E-state index contributed by atoms with van der Waals surface area (Å²) >= 11 is 0. The van der Waals surface area contributed by atoms with E-state index in [-0.39, 0.29) is 5.82 Å². The van der Waals surface area contributed by atoms with E-state index < -0.39 is 0 Å². The van der Waals surface area contributed by atoms with Crippen molar-refractivity contribution >= 4 is 44.0 Å². The van der Waals surface area contributed by atoms with Crippen molar-refractivity contribution in [1.29, 1.82) is 0 Å². The van der Waals surface area contributed by atoms with E-state index in [0.29, 0.717) is 0 Å². The molecule has 0 spiro atoms. The molecular formula is C28H17FN4. The highest BCUT2D eigenvalue weighted by Gasteiger charge is 2.20. The quantitative estimate of drug-likeness (QED) is 0.303. The normalized spacial score (nSPS) is 11.8. The number of pyridine rings is 2. The number of halogens is 1. The summed E-state index contributed by atoms with van der Waals surface area (Å²) < 4.78 is 18.4. The summed E-state index contributed by atoms with van der Waals surface area (Å²) in [6.07, 6.45) is 1.77. The highest BCUT2D eigenvalue weighted by molar-refractivity contribution is 6.14. The lowest BCUT2D eigenvalue weighted by Gasteiger charge is -2.08. The molecular weight excluding hydrogens is 411 g/mol. The average molecular weight is 428 g/mol. The zero-order valence-corrected chi connectivity index (χ0v) is 17.5. The van der Waals surface area contributed by atoms with Crippen LogP contribution in [0.3, 0.4) is 0 Å². The van der Waals surface area contributed by atoms with E-state index in [9.17, 15) is 4.39 Å². The highest BCUT2D eigenvalue weighted by atomic mass is 19.1. The van der Waals surface area contributed by atoms with Gasteiger partial charge in [-0.25, -0.2) is 9.37 Å². The molecule has 7 rings (SSSR count). The Morgan fingerprint density at radius 2 is 1.36 bits per heavy atom. The Hall–Kier alpha value is -4.51. The molecule has 156 valence electrons. The number of para-hydroxylation sites is 2. The van der Waals surface area contributed by atoms with Gasteiger partial charge in [0.05, 0.1) is 16.6 Å². The van der Waals surface area contributed by atoms with Crippen LogP contribution in [0, 0.1) is 5.82 Å². The molecule has 5 heteroatoms. The molecule has 0 unspecified atom stereocenters. The van der Waals surface area contributed by atoms with Crippen LogP contribution in [0.25, 0.3) is 55.4 Å². The van der Waals surface area contributed by atoms with Crippen LogP contribution >= 0.6 is 0 Å². The second kappa shape index (κ2) is 6.74. The van der Waals surface area contributed by atoms with Crippen molar-refractivity contribution in [3.05, 3.63) is 109 Å². The summed E-state index contributed by atoms with van der Waals surface area (Å²) in [6, 6.07) is 31.3. The monoisotopic (exact) mass is 428 g/mol. The summed E-state index contributed by atoms with van der Waals surface area (Å²) in [4.78, 5) is 9.83. The van der Waals surface area contributed by atoms with Crippen LogP contribution < -0.4 is 0 Å². The number of hydrogen-bond acceptors (Lipinski definition) is 2. The van der Waals surface area contributed by atoms with E-state index >= 15 is 0 Å². The lowest BCUT2D eigenvalue weighted by atomic mass is 10.2. The molecule has 0 saturated heterocycles. The molecule has 0 N–H and O–H groups in total. The minimum Gasteiger partial charge on any atom is -0.306 e. The zero-order valence-electron chi connectivity index (χ0n) is 17.5. The van der Waals surface area contributed by atoms with Crippen LogP contribution in [0.15, 0.2) is 103 Å². The Morgan fingerprint density at radius 3 is 2.24 bits per heavy atom. The molecule has 4 heterocycles. The van der Waals surface area contributed by atoms with Crippen molar-refractivity contribution in [2.75, 3.05) is 0 Å². The molecule has 0 bridgehead atoms. The fourth-order valence-electron chi connectivity index (χ4n) is 4.84. The van der Waals surface area contributed by atoms with Gasteiger partial charge in [0.1, 0.15) is 22.5 Å². The van der Waals surface area contributed by atoms with Gasteiger partial charge in [-0.2, -0.15) is 0 Å². The van der Waals surface area contributed by atoms with Gasteiger partial charge in [-0.05, 0) is 54.6 Å². The van der Waals surface area contributed by atoms with Gasteiger partial charge in [-0.15, -0.1) is 0 Å². The third-order valence-corrected chi connectivity index (χ3v) is 6.20. The van der Waals surface area contributed by atoms with Crippen LogP contribution in [-0.2, 0) is 0 Å². The van der Waals surface area contributed by atoms with Crippen LogP contribution in [0.2, 0.25) is 0 Å². The third-order valence-electron chi connectivity index (χ3n) is 6.20. The maximum Gasteiger partial charge on any atom is 0.146 e. The van der Waals surface area contributed by atoms with Crippen LogP contribution in [0.1, 0.15) is 0 Å². The molecule has 4 aromatic heterocycles. The molecule has 7 aromatic rings. The van der Waals surface area contributed by atoms with Gasteiger partial charge in [0.15, 0.2) is 0 Å². The summed E-state index contributed by atoms with van der Waals surface area (Å²) in [6.45, 7) is 0. The molecule has 0 saturated carbocycles. The number of nitrogens with zero attached hydrogens (tertiary/aromatic N) is 4. The van der Waals surface area contributed by atoms with Crippen molar-refractivity contribution in [2.45, 2.75) is 0 Å². The number of hydrogen-bond donors (Lipinski definition) is 0. The van der Waals surface area contributed by atoms with Gasteiger partial charge in [0, 0.05) is 28.3 Å². The van der Waals surface area contributed by atoms with Gasteiger partial charge in [0.25, 0.3) is 0 Å². The third kappa shape index (κ3) is 2.56. The molecule has 0 amide bonds. The molecule has 33 heavy (non-hydrogen) atoms. The fraction of sp³-hybridized carbons (Fsp3) is 0. The maximum atomic E-state index is 14.2. The highest BCUT2D eigenvalue weighted by Crippen LogP contribution is 2.36. The minimum absolute atomic E-state index is 0.277. The lowest BCUT2D eigenvalue weighted by molar-refractivity contribution is 0.627. The van der Waals surface area contributed by atoms with Crippen molar-refractivity contribution in [3.8, 4) is 11.4 Å². The van der Waals surface area contributed by atoms with Gasteiger partial charge in [-0.3, -0.25) is 9.55 Å². The standard InChI is InChI=1S/C28H17FN4/c29-18-8-6-11-20(16-18)32-24-14-7-15-30-26(24)27-25(32)17-22-21-12-4-5-13-23(21)33(28(22)31-27)19-9-2-1-3-10-19/h1-17H. The second-order valence-corrected chi connectivity index (χ2v) is 8.10. The summed E-state index contributed by atoms with van der Waals surface area (Å²) in [5.41, 5.74) is 7.15. The first kappa shape index (κ1) is 18.1. The predicted molar refractivity (Wildman–Crippen MR) is 131 cm³/mol. The lowest BCUT2D eigenvalue weighted by Crippen LogP contribution is -1.96. The number of aromatic nitrogens is 4. The van der Waals surface area contributed by atoms with Crippen LogP contribution in [0.4, 0.5) is 4.39 Å². The van der Waals surface area contributed by atoms with Crippen molar-refractivity contribution in [2.24, 2.45) is 0 Å². The molecule has 0 radical (unpaired) electrons. The largest absolute Gasteiger partial charge is 0.306 e. The Labute approximate surface area is 188 Å². The zero-order chi connectivity index (χ0) is 21.9. The predicted octanol–water partition coefficient (Wildman–Crippen LogP) is 6.81. The fourth-order valence-corrected chi connectivity index (χ4v) is 4.84. The Morgan fingerprint density at radius 1 is 0.576 bits per heavy atom. The van der Waals surface area contributed by atoms with E-state index in [2.05, 4.69) is 39.9 Å². The van der Waals surface area contributed by atoms with Crippen molar-refractivity contribution in [3.63, 3.8) is 0 Å². The SMILES string of the molecule is Fc1cccc(-n2c3cccnc3c3nc4c(cc32)c2ccccc2n4-c2ccccc2)c1. The first-order valence-electron chi connectivity index (χ1n) is 10.8. The summed E-state index contributed by atoms with van der Waals surface area (Å²) in [5.74, 6) is -0.277. The Balaban J connectivity index is 1.69. The van der Waals surface area contributed by atoms with E-state index in [4.69, 9.17) is 4.98 Å². The van der Waals surface area contributed by atoms with Crippen molar-refractivity contribution < 1.29 is 4.39 Å². The molecule has 0 atom stereocenters. The molecule has 0 aliphatic carbocycles. The van der Waals surface area contributed by atoms with Gasteiger partial charge in [-0.1, -0.05) is 42.5 Å². The number of fused-ring (bicyclic) bond motifs is 6. The average Bonchev–Trinajstić information content (AvgIpc) is 3.35. The Bertz CT molecular complexity index is 1830. The van der Waals surface area contributed by atoms with Gasteiger partial charge in [0.2, 0.25) is 0 Å². The van der Waals surface area contributed by atoms with Gasteiger partial charge >= 0.3 is 0 Å². The van der Waals surface area contributed by atoms with Crippen LogP contribution in [0.5, 0.6) is 0 Å². The molecule has 3 aromatic carbocycles.